The number of carbonyl (C=O) groups is 1. The van der Waals surface area contributed by atoms with Crippen LogP contribution in [0.2, 0.25) is 0 Å². The molecular formula is C27H22N2O4. The number of oxime groups is 1. The second-order valence-electron chi connectivity index (χ2n) is 7.86. The van der Waals surface area contributed by atoms with Gasteiger partial charge in [-0.25, -0.2) is 4.79 Å². The van der Waals surface area contributed by atoms with Crippen LogP contribution in [-0.2, 0) is 15.0 Å². The van der Waals surface area contributed by atoms with Crippen molar-refractivity contribution in [2.45, 2.75) is 19.3 Å². The lowest BCUT2D eigenvalue weighted by molar-refractivity contribution is -0.384. The predicted molar refractivity (Wildman–Crippen MR) is 128 cm³/mol. The summed E-state index contributed by atoms with van der Waals surface area (Å²) < 4.78 is 0. The average Bonchev–Trinajstić information content (AvgIpc) is 3.09. The van der Waals surface area contributed by atoms with Gasteiger partial charge in [0.05, 0.1) is 10.3 Å². The van der Waals surface area contributed by atoms with E-state index in [0.717, 1.165) is 38.9 Å². The normalized spacial score (nSPS) is 13.6. The number of non-ortho nitro benzene ring substituents is 1. The van der Waals surface area contributed by atoms with Gasteiger partial charge in [-0.3, -0.25) is 10.1 Å². The van der Waals surface area contributed by atoms with E-state index in [4.69, 9.17) is 4.84 Å². The van der Waals surface area contributed by atoms with Gasteiger partial charge in [0.25, 0.3) is 5.69 Å². The van der Waals surface area contributed by atoms with Crippen LogP contribution in [-0.4, -0.2) is 16.6 Å². The van der Waals surface area contributed by atoms with Crippen molar-refractivity contribution >= 4 is 17.4 Å². The van der Waals surface area contributed by atoms with E-state index in [1.54, 1.807) is 24.3 Å². The van der Waals surface area contributed by atoms with Gasteiger partial charge in [0.2, 0.25) is 0 Å². The van der Waals surface area contributed by atoms with Gasteiger partial charge >= 0.3 is 5.97 Å². The van der Waals surface area contributed by atoms with Crippen molar-refractivity contribution in [3.8, 4) is 11.1 Å². The number of rotatable bonds is 6. The Morgan fingerprint density at radius 3 is 2.27 bits per heavy atom. The number of benzene rings is 3. The number of fused-ring (bicyclic) bond motifs is 3. The smallest absolute Gasteiger partial charge is 0.318 e. The minimum absolute atomic E-state index is 0.00637. The van der Waals surface area contributed by atoms with Crippen LogP contribution in [0.1, 0.15) is 34.7 Å². The summed E-state index contributed by atoms with van der Waals surface area (Å²) in [5.41, 5.74) is 5.69. The average molecular weight is 438 g/mol. The quantitative estimate of drug-likeness (QED) is 0.159. The maximum absolute atomic E-state index is 11.5. The summed E-state index contributed by atoms with van der Waals surface area (Å²) >= 11 is 0. The van der Waals surface area contributed by atoms with Gasteiger partial charge in [-0.05, 0) is 46.9 Å². The standard InChI is InChI=1S/C27H22N2O4/c1-5-27(6-2)24-15-19(26(28-33-18(4)30)21-10-8-7-9-17(21)3)11-13-22(24)23-14-12-20(29(31)32)16-25(23)27/h5-16H,1-2H2,3-4H3/b28-26+. The van der Waals surface area contributed by atoms with Crippen molar-refractivity contribution in [2.75, 3.05) is 0 Å². The van der Waals surface area contributed by atoms with E-state index in [2.05, 4.69) is 18.3 Å². The number of aryl methyl sites for hydroxylation is 1. The molecule has 0 saturated heterocycles. The summed E-state index contributed by atoms with van der Waals surface area (Å²) in [5.74, 6) is -0.520. The molecule has 3 aromatic rings. The maximum Gasteiger partial charge on any atom is 0.332 e. The fourth-order valence-electron chi connectivity index (χ4n) is 4.37. The zero-order valence-corrected chi connectivity index (χ0v) is 18.4. The first-order chi connectivity index (χ1) is 15.8. The molecule has 6 nitrogen and oxygen atoms in total. The molecule has 1 aliphatic rings. The largest absolute Gasteiger partial charge is 0.332 e. The number of allylic oxidation sites excluding steroid dienone is 2. The van der Waals surface area contributed by atoms with Crippen LogP contribution >= 0.6 is 0 Å². The molecule has 164 valence electrons. The molecule has 4 rings (SSSR count). The summed E-state index contributed by atoms with van der Waals surface area (Å²) in [6, 6.07) is 18.3. The van der Waals surface area contributed by atoms with Gasteiger partial charge in [-0.15, -0.1) is 13.2 Å². The van der Waals surface area contributed by atoms with Crippen LogP contribution in [0, 0.1) is 17.0 Å². The molecule has 0 heterocycles. The highest BCUT2D eigenvalue weighted by Crippen LogP contribution is 2.51. The first kappa shape index (κ1) is 21.9. The molecule has 0 atom stereocenters. The molecule has 0 radical (unpaired) electrons. The van der Waals surface area contributed by atoms with Gasteiger partial charge in [-0.2, -0.15) is 0 Å². The molecule has 6 heteroatoms. The van der Waals surface area contributed by atoms with Gasteiger partial charge in [0.1, 0.15) is 5.71 Å². The highest BCUT2D eigenvalue weighted by molar-refractivity contribution is 6.14. The predicted octanol–water partition coefficient (Wildman–Crippen LogP) is 5.86. The van der Waals surface area contributed by atoms with Crippen LogP contribution in [0.15, 0.2) is 91.1 Å². The first-order valence-electron chi connectivity index (χ1n) is 10.4. The van der Waals surface area contributed by atoms with Gasteiger partial charge < -0.3 is 4.84 Å². The molecule has 0 saturated carbocycles. The molecular weight excluding hydrogens is 416 g/mol. The zero-order chi connectivity index (χ0) is 23.8. The van der Waals surface area contributed by atoms with Crippen molar-refractivity contribution in [1.82, 2.24) is 0 Å². The minimum atomic E-state index is -0.815. The Labute approximate surface area is 191 Å². The molecule has 33 heavy (non-hydrogen) atoms. The zero-order valence-electron chi connectivity index (χ0n) is 18.4. The SMILES string of the molecule is C=CC1(C=C)c2cc(/C(=N\OC(C)=O)c3ccccc3C)ccc2-c2ccc([N+](=O)[O-])cc21. The molecule has 0 amide bonds. The van der Waals surface area contributed by atoms with Crippen LogP contribution < -0.4 is 0 Å². The summed E-state index contributed by atoms with van der Waals surface area (Å²) in [5, 5.41) is 15.6. The van der Waals surface area contributed by atoms with Crippen molar-refractivity contribution in [2.24, 2.45) is 5.16 Å². The number of carbonyl (C=O) groups excluding carboxylic acids is 1. The third-order valence-electron chi connectivity index (χ3n) is 6.00. The van der Waals surface area contributed by atoms with Crippen LogP contribution in [0.4, 0.5) is 5.69 Å². The van der Waals surface area contributed by atoms with Crippen LogP contribution in [0.25, 0.3) is 11.1 Å². The monoisotopic (exact) mass is 438 g/mol. The number of nitrogens with zero attached hydrogens (tertiary/aromatic N) is 2. The molecule has 0 fully saturated rings. The Morgan fingerprint density at radius 2 is 1.67 bits per heavy atom. The summed E-state index contributed by atoms with van der Waals surface area (Å²) in [4.78, 5) is 27.5. The topological polar surface area (TPSA) is 81.8 Å². The molecule has 0 aliphatic heterocycles. The van der Waals surface area contributed by atoms with Crippen molar-refractivity contribution in [3.05, 3.63) is 124 Å². The van der Waals surface area contributed by atoms with Crippen molar-refractivity contribution in [1.29, 1.82) is 0 Å². The summed E-state index contributed by atoms with van der Waals surface area (Å²) in [6.45, 7) is 11.3. The van der Waals surface area contributed by atoms with E-state index in [-0.39, 0.29) is 5.69 Å². The highest BCUT2D eigenvalue weighted by Gasteiger charge is 2.40. The number of nitro benzene ring substituents is 1. The second-order valence-corrected chi connectivity index (χ2v) is 7.86. The third-order valence-corrected chi connectivity index (χ3v) is 6.00. The molecule has 0 N–H and O–H groups in total. The Balaban J connectivity index is 1.96. The van der Waals surface area contributed by atoms with Gasteiger partial charge in [-0.1, -0.05) is 53.7 Å². The lowest BCUT2D eigenvalue weighted by Crippen LogP contribution is -2.19. The molecule has 0 bridgehead atoms. The molecule has 0 unspecified atom stereocenters. The lowest BCUT2D eigenvalue weighted by atomic mass is 9.77. The van der Waals surface area contributed by atoms with E-state index in [9.17, 15) is 14.9 Å². The number of hydrogen-bond donors (Lipinski definition) is 0. The Hall–Kier alpha value is -4.32. The third kappa shape index (κ3) is 3.55. The number of hydrogen-bond acceptors (Lipinski definition) is 5. The fraction of sp³-hybridized carbons (Fsp3) is 0.111. The summed E-state index contributed by atoms with van der Waals surface area (Å²) in [7, 11) is 0. The van der Waals surface area contributed by atoms with Crippen molar-refractivity contribution in [3.63, 3.8) is 0 Å². The maximum atomic E-state index is 11.5. The minimum Gasteiger partial charge on any atom is -0.318 e. The second kappa shape index (κ2) is 8.31. The fourth-order valence-corrected chi connectivity index (χ4v) is 4.37. The summed E-state index contributed by atoms with van der Waals surface area (Å²) in [6.07, 6.45) is 3.49. The van der Waals surface area contributed by atoms with E-state index < -0.39 is 16.3 Å². The molecule has 3 aromatic carbocycles. The van der Waals surface area contributed by atoms with E-state index in [1.807, 2.05) is 49.4 Å². The first-order valence-corrected chi connectivity index (χ1v) is 10.4. The Morgan fingerprint density at radius 1 is 1.03 bits per heavy atom. The molecule has 1 aliphatic carbocycles. The lowest BCUT2D eigenvalue weighted by Gasteiger charge is -2.24. The Kier molecular flexibility index (Phi) is 5.52. The van der Waals surface area contributed by atoms with Gasteiger partial charge in [0.15, 0.2) is 0 Å². The number of nitro groups is 1. The molecule has 0 aromatic heterocycles. The van der Waals surface area contributed by atoms with Crippen LogP contribution in [0.3, 0.4) is 0 Å². The van der Waals surface area contributed by atoms with E-state index in [1.165, 1.54) is 13.0 Å². The van der Waals surface area contributed by atoms with Gasteiger partial charge in [0, 0.05) is 30.2 Å². The van der Waals surface area contributed by atoms with E-state index >= 15 is 0 Å². The Bertz CT molecular complexity index is 1350. The highest BCUT2D eigenvalue weighted by atomic mass is 16.7. The van der Waals surface area contributed by atoms with Crippen molar-refractivity contribution < 1.29 is 14.6 Å². The van der Waals surface area contributed by atoms with Crippen LogP contribution in [0.5, 0.6) is 0 Å². The van der Waals surface area contributed by atoms with E-state index in [0.29, 0.717) is 5.71 Å². The molecule has 0 spiro atoms.